The van der Waals surface area contributed by atoms with E-state index in [0.717, 1.165) is 11.1 Å². The van der Waals surface area contributed by atoms with Crippen LogP contribution in [0.3, 0.4) is 0 Å². The molecule has 11 heteroatoms. The van der Waals surface area contributed by atoms with E-state index in [-0.39, 0.29) is 40.8 Å². The van der Waals surface area contributed by atoms with Crippen LogP contribution in [0.1, 0.15) is 11.1 Å². The predicted molar refractivity (Wildman–Crippen MR) is 155 cm³/mol. The van der Waals surface area contributed by atoms with E-state index in [9.17, 15) is 21.6 Å². The fraction of sp³-hybridized carbons (Fsp3) is 0.138. The maximum Gasteiger partial charge on any atom is 0.323 e. The fourth-order valence-electron chi connectivity index (χ4n) is 3.69. The first-order valence-electron chi connectivity index (χ1n) is 12.4. The lowest BCUT2D eigenvalue weighted by Gasteiger charge is -2.13. The molecule has 40 heavy (non-hydrogen) atoms. The monoisotopic (exact) mass is 580 g/mol. The largest absolute Gasteiger partial charge is 0.382 e. The van der Waals surface area contributed by atoms with Gasteiger partial charge in [-0.15, -0.1) is 0 Å². The molecule has 9 nitrogen and oxygen atoms in total. The highest BCUT2D eigenvalue weighted by molar-refractivity contribution is 7.87. The van der Waals surface area contributed by atoms with Gasteiger partial charge in [-0.1, -0.05) is 78.9 Å². The molecule has 4 rings (SSSR count). The topological polar surface area (TPSA) is 128 Å². The summed E-state index contributed by atoms with van der Waals surface area (Å²) in [6, 6.07) is 29.7. The van der Waals surface area contributed by atoms with Crippen LogP contribution < -0.4 is 19.0 Å². The van der Waals surface area contributed by atoms with Gasteiger partial charge in [0.05, 0.1) is 17.2 Å². The maximum absolute atomic E-state index is 12.7. The highest BCUT2D eigenvalue weighted by atomic mass is 32.2. The molecule has 0 aliphatic heterocycles. The molecule has 0 aliphatic rings. The van der Waals surface area contributed by atoms with Crippen LogP contribution in [0.4, 0.5) is 16.2 Å². The summed E-state index contributed by atoms with van der Waals surface area (Å²) in [6.45, 7) is 0. The Kier molecular flexibility index (Phi) is 9.41. The number of aryl methyl sites for hydroxylation is 2. The van der Waals surface area contributed by atoms with Crippen molar-refractivity contribution in [1.29, 1.82) is 0 Å². The normalized spacial score (nSPS) is 11.4. The first-order valence-corrected chi connectivity index (χ1v) is 15.5. The minimum Gasteiger partial charge on any atom is -0.382 e. The van der Waals surface area contributed by atoms with Gasteiger partial charge in [-0.25, -0.2) is 4.79 Å². The number of nitrogens with one attached hydrogen (secondary N) is 2. The molecule has 4 aromatic carbocycles. The average molecular weight is 581 g/mol. The summed E-state index contributed by atoms with van der Waals surface area (Å²) in [7, 11) is -7.81. The second kappa shape index (κ2) is 13.1. The lowest BCUT2D eigenvalue weighted by Crippen LogP contribution is -2.21. The number of carbonyl (C=O) groups is 1. The van der Waals surface area contributed by atoms with Gasteiger partial charge in [0.15, 0.2) is 5.75 Å². The highest BCUT2D eigenvalue weighted by Crippen LogP contribution is 2.26. The van der Waals surface area contributed by atoms with Crippen molar-refractivity contribution in [2.75, 3.05) is 22.1 Å². The standard InChI is InChI=1S/C29H28N2O7S2/c32-29(30-25-14-9-15-26(22-25)37-39(33,34)20-18-23-10-3-1-4-11-23)31-27-16-7-8-17-28(27)38-40(35,36)21-19-24-12-5-2-6-13-24/h1-17,22H,18-21H2,(H2,30,31,32). The molecule has 0 spiro atoms. The summed E-state index contributed by atoms with van der Waals surface area (Å²) in [6.07, 6.45) is 0.576. The van der Waals surface area contributed by atoms with E-state index in [2.05, 4.69) is 10.6 Å². The molecule has 0 fully saturated rings. The number of hydrogen-bond donors (Lipinski definition) is 2. The summed E-state index contributed by atoms with van der Waals surface area (Å²) in [5, 5.41) is 5.14. The van der Waals surface area contributed by atoms with E-state index in [1.54, 1.807) is 18.2 Å². The quantitative estimate of drug-likeness (QED) is 0.220. The minimum absolute atomic E-state index is 0.0349. The summed E-state index contributed by atoms with van der Waals surface area (Å²) < 4.78 is 60.5. The smallest absolute Gasteiger partial charge is 0.323 e. The van der Waals surface area contributed by atoms with Gasteiger partial charge in [0, 0.05) is 11.8 Å². The van der Waals surface area contributed by atoms with Crippen molar-refractivity contribution < 1.29 is 30.0 Å². The molecule has 4 aromatic rings. The number of hydrogen-bond acceptors (Lipinski definition) is 7. The van der Waals surface area contributed by atoms with Crippen LogP contribution in [-0.2, 0) is 33.1 Å². The molecule has 0 atom stereocenters. The van der Waals surface area contributed by atoms with Crippen LogP contribution in [0.2, 0.25) is 0 Å². The number of urea groups is 1. The van der Waals surface area contributed by atoms with Crippen molar-refractivity contribution in [3.05, 3.63) is 120 Å². The molecule has 0 saturated heterocycles. The van der Waals surface area contributed by atoms with Gasteiger partial charge in [-0.3, -0.25) is 0 Å². The van der Waals surface area contributed by atoms with E-state index < -0.39 is 26.3 Å². The Labute approximate surface area is 234 Å². The molecule has 208 valence electrons. The molecule has 0 radical (unpaired) electrons. The molecule has 0 heterocycles. The van der Waals surface area contributed by atoms with Crippen LogP contribution in [-0.4, -0.2) is 34.4 Å². The first-order chi connectivity index (χ1) is 19.2. The zero-order valence-electron chi connectivity index (χ0n) is 21.4. The van der Waals surface area contributed by atoms with Crippen molar-refractivity contribution in [3.63, 3.8) is 0 Å². The fourth-order valence-corrected chi connectivity index (χ4v) is 5.65. The van der Waals surface area contributed by atoms with Crippen molar-refractivity contribution in [2.45, 2.75) is 12.8 Å². The third-order valence-corrected chi connectivity index (χ3v) is 7.92. The van der Waals surface area contributed by atoms with Crippen molar-refractivity contribution in [1.82, 2.24) is 0 Å². The number of anilines is 2. The van der Waals surface area contributed by atoms with Gasteiger partial charge in [0.2, 0.25) is 0 Å². The van der Waals surface area contributed by atoms with Gasteiger partial charge in [0.1, 0.15) is 5.75 Å². The van der Waals surface area contributed by atoms with Gasteiger partial charge < -0.3 is 19.0 Å². The van der Waals surface area contributed by atoms with E-state index in [4.69, 9.17) is 8.37 Å². The van der Waals surface area contributed by atoms with Gasteiger partial charge in [-0.05, 0) is 48.2 Å². The number of para-hydroxylation sites is 2. The van der Waals surface area contributed by atoms with Crippen LogP contribution in [0.5, 0.6) is 11.5 Å². The Bertz CT molecular complexity index is 1640. The molecule has 2 N–H and O–H groups in total. The predicted octanol–water partition coefficient (Wildman–Crippen LogP) is 5.23. The van der Waals surface area contributed by atoms with Gasteiger partial charge in [-0.2, -0.15) is 16.8 Å². The van der Waals surface area contributed by atoms with Crippen LogP contribution in [0.25, 0.3) is 0 Å². The number of carbonyl (C=O) groups excluding carboxylic acids is 1. The SMILES string of the molecule is O=C(Nc1cccc(OS(=O)(=O)CCc2ccccc2)c1)Nc1ccccc1OS(=O)(=O)CCc1ccccc1. The van der Waals surface area contributed by atoms with Gasteiger partial charge >= 0.3 is 26.3 Å². The Morgan fingerprint density at radius 1 is 0.600 bits per heavy atom. The van der Waals surface area contributed by atoms with Crippen molar-refractivity contribution in [2.24, 2.45) is 0 Å². The lowest BCUT2D eigenvalue weighted by molar-refractivity contribution is 0.262. The molecule has 0 saturated carbocycles. The Morgan fingerprint density at radius 3 is 1.77 bits per heavy atom. The van der Waals surface area contributed by atoms with Crippen LogP contribution >= 0.6 is 0 Å². The zero-order chi connectivity index (χ0) is 28.4. The van der Waals surface area contributed by atoms with Crippen LogP contribution in [0, 0.1) is 0 Å². The second-order valence-corrected chi connectivity index (χ2v) is 12.1. The maximum atomic E-state index is 12.7. The summed E-state index contributed by atoms with van der Waals surface area (Å²) >= 11 is 0. The third-order valence-electron chi connectivity index (χ3n) is 5.63. The first kappa shape index (κ1) is 28.7. The number of benzene rings is 4. The summed E-state index contributed by atoms with van der Waals surface area (Å²) in [5.41, 5.74) is 2.13. The molecular formula is C29H28N2O7S2. The summed E-state index contributed by atoms with van der Waals surface area (Å²) in [5.74, 6) is -0.440. The summed E-state index contributed by atoms with van der Waals surface area (Å²) in [4.78, 5) is 12.7. The Hall–Kier alpha value is -4.35. The molecule has 0 aliphatic carbocycles. The molecular weight excluding hydrogens is 552 g/mol. The van der Waals surface area contributed by atoms with E-state index in [0.29, 0.717) is 6.42 Å². The zero-order valence-corrected chi connectivity index (χ0v) is 23.0. The number of amides is 2. The van der Waals surface area contributed by atoms with E-state index in [1.807, 2.05) is 60.7 Å². The molecule has 0 unspecified atom stereocenters. The molecule has 0 bridgehead atoms. The molecule has 2 amide bonds. The van der Waals surface area contributed by atoms with E-state index >= 15 is 0 Å². The van der Waals surface area contributed by atoms with Crippen molar-refractivity contribution >= 4 is 37.6 Å². The minimum atomic E-state index is -3.94. The van der Waals surface area contributed by atoms with Crippen LogP contribution in [0.15, 0.2) is 109 Å². The van der Waals surface area contributed by atoms with Crippen molar-refractivity contribution in [3.8, 4) is 11.5 Å². The van der Waals surface area contributed by atoms with E-state index in [1.165, 1.54) is 30.3 Å². The Balaban J connectivity index is 1.35. The third kappa shape index (κ3) is 9.14. The molecule has 0 aromatic heterocycles. The highest BCUT2D eigenvalue weighted by Gasteiger charge is 2.18. The second-order valence-electron chi connectivity index (χ2n) is 8.76. The van der Waals surface area contributed by atoms with Gasteiger partial charge in [0.25, 0.3) is 0 Å². The lowest BCUT2D eigenvalue weighted by atomic mass is 10.2. The Morgan fingerprint density at radius 2 is 1.15 bits per heavy atom. The average Bonchev–Trinajstić information content (AvgIpc) is 2.93. The number of rotatable bonds is 12.